The molecule has 0 aliphatic carbocycles. The number of carbonyl (C=O) groups excluding carboxylic acids is 1. The molecule has 0 saturated carbocycles. The Morgan fingerprint density at radius 2 is 2.00 bits per heavy atom. The Hall–Kier alpha value is -3.95. The lowest BCUT2D eigenvalue weighted by Gasteiger charge is -2.17. The van der Waals surface area contributed by atoms with Crippen LogP contribution in [0.25, 0.3) is 22.6 Å². The molecule has 1 aromatic carbocycles. The van der Waals surface area contributed by atoms with Crippen molar-refractivity contribution in [3.63, 3.8) is 0 Å². The van der Waals surface area contributed by atoms with Crippen LogP contribution >= 0.6 is 0 Å². The number of fused-ring (bicyclic) bond motifs is 1. The predicted molar refractivity (Wildman–Crippen MR) is 113 cm³/mol. The molecule has 0 spiro atoms. The van der Waals surface area contributed by atoms with E-state index in [9.17, 15) is 13.6 Å². The number of carbonyl (C=O) groups is 1. The minimum Gasteiger partial charge on any atom is -0.317 e. The first kappa shape index (κ1) is 20.0. The lowest BCUT2D eigenvalue weighted by Crippen LogP contribution is -2.24. The van der Waals surface area contributed by atoms with Gasteiger partial charge in [-0.25, -0.2) is 13.8 Å². The highest BCUT2D eigenvalue weighted by atomic mass is 19.3. The number of aryl methyl sites for hydroxylation is 2. The Kier molecular flexibility index (Phi) is 4.40. The topological polar surface area (TPSA) is 92.6 Å². The van der Waals surface area contributed by atoms with E-state index in [-0.39, 0.29) is 23.6 Å². The maximum absolute atomic E-state index is 14.1. The van der Waals surface area contributed by atoms with Crippen LogP contribution in [0.2, 0.25) is 0 Å². The van der Waals surface area contributed by atoms with Gasteiger partial charge in [-0.1, -0.05) is 12.1 Å². The molecule has 0 unspecified atom stereocenters. The predicted octanol–water partition coefficient (Wildman–Crippen LogP) is 3.85. The van der Waals surface area contributed by atoms with Crippen molar-refractivity contribution in [2.24, 2.45) is 7.05 Å². The van der Waals surface area contributed by atoms with Gasteiger partial charge in [0, 0.05) is 36.4 Å². The maximum atomic E-state index is 14.1. The fraction of sp³-hybridized carbons (Fsp3) is 0.227. The summed E-state index contributed by atoms with van der Waals surface area (Å²) in [6.45, 7) is 2.68. The highest BCUT2D eigenvalue weighted by Crippen LogP contribution is 2.38. The zero-order chi connectivity index (χ0) is 22.6. The fourth-order valence-corrected chi connectivity index (χ4v) is 4.07. The maximum Gasteiger partial charge on any atom is 0.270 e. The first-order valence-corrected chi connectivity index (χ1v) is 9.93. The number of aromatic amines is 1. The van der Waals surface area contributed by atoms with Crippen LogP contribution in [0.4, 0.5) is 14.6 Å². The minimum absolute atomic E-state index is 0.0305. The highest BCUT2D eigenvalue weighted by Gasteiger charge is 2.37. The lowest BCUT2D eigenvalue weighted by molar-refractivity contribution is 0.0166. The number of alkyl halides is 2. The van der Waals surface area contributed by atoms with E-state index >= 15 is 0 Å². The van der Waals surface area contributed by atoms with Crippen LogP contribution in [0.15, 0.2) is 42.9 Å². The van der Waals surface area contributed by atoms with E-state index in [1.807, 2.05) is 20.0 Å². The van der Waals surface area contributed by atoms with Gasteiger partial charge in [0.2, 0.25) is 0 Å². The summed E-state index contributed by atoms with van der Waals surface area (Å²) in [5.74, 6) is -2.39. The summed E-state index contributed by atoms with van der Waals surface area (Å²) < 4.78 is 30.0. The van der Waals surface area contributed by atoms with Crippen molar-refractivity contribution >= 4 is 11.7 Å². The van der Waals surface area contributed by atoms with Gasteiger partial charge in [-0.2, -0.15) is 5.10 Å². The summed E-state index contributed by atoms with van der Waals surface area (Å²) >= 11 is 0. The monoisotopic (exact) mass is 435 g/mol. The third kappa shape index (κ3) is 3.15. The van der Waals surface area contributed by atoms with Gasteiger partial charge in [-0.15, -0.1) is 10.2 Å². The van der Waals surface area contributed by atoms with Crippen molar-refractivity contribution < 1.29 is 13.6 Å². The Bertz CT molecular complexity index is 1350. The van der Waals surface area contributed by atoms with Gasteiger partial charge in [0.1, 0.15) is 12.1 Å². The third-order valence-electron chi connectivity index (χ3n) is 5.54. The van der Waals surface area contributed by atoms with Gasteiger partial charge in [0.15, 0.2) is 5.82 Å². The quantitative estimate of drug-likeness (QED) is 0.526. The summed E-state index contributed by atoms with van der Waals surface area (Å²) in [6.07, 6.45) is 3.25. The van der Waals surface area contributed by atoms with Gasteiger partial charge in [0.05, 0.1) is 24.0 Å². The number of anilines is 1. The third-order valence-corrected chi connectivity index (χ3v) is 5.54. The van der Waals surface area contributed by atoms with Crippen molar-refractivity contribution in [1.82, 2.24) is 29.9 Å². The van der Waals surface area contributed by atoms with Gasteiger partial charge >= 0.3 is 0 Å². The summed E-state index contributed by atoms with van der Waals surface area (Å²) in [4.78, 5) is 19.0. The molecule has 162 valence electrons. The van der Waals surface area contributed by atoms with Gasteiger partial charge in [-0.3, -0.25) is 14.8 Å². The molecular weight excluding hydrogens is 416 g/mol. The summed E-state index contributed by atoms with van der Waals surface area (Å²) in [5, 5.41) is 15.2. The van der Waals surface area contributed by atoms with Gasteiger partial charge < -0.3 is 4.57 Å². The first-order chi connectivity index (χ1) is 15.2. The highest BCUT2D eigenvalue weighted by molar-refractivity contribution is 6.10. The molecule has 1 aliphatic rings. The molecule has 8 nitrogen and oxygen atoms in total. The number of halogens is 2. The van der Waals surface area contributed by atoms with E-state index in [1.165, 1.54) is 17.0 Å². The molecule has 10 heteroatoms. The van der Waals surface area contributed by atoms with E-state index < -0.39 is 5.92 Å². The summed E-state index contributed by atoms with van der Waals surface area (Å²) in [7, 11) is 1.83. The Labute approximate surface area is 181 Å². The van der Waals surface area contributed by atoms with Crippen molar-refractivity contribution in [2.75, 3.05) is 4.90 Å². The molecule has 0 radical (unpaired) electrons. The van der Waals surface area contributed by atoms with Crippen LogP contribution in [0, 0.1) is 6.92 Å². The molecule has 4 heterocycles. The van der Waals surface area contributed by atoms with Crippen LogP contribution in [0.5, 0.6) is 0 Å². The van der Waals surface area contributed by atoms with Crippen LogP contribution in [-0.4, -0.2) is 35.9 Å². The molecule has 0 fully saturated rings. The van der Waals surface area contributed by atoms with E-state index in [0.29, 0.717) is 28.6 Å². The largest absolute Gasteiger partial charge is 0.317 e. The van der Waals surface area contributed by atoms with E-state index in [4.69, 9.17) is 0 Å². The second-order valence-corrected chi connectivity index (χ2v) is 7.89. The molecule has 3 aromatic heterocycles. The van der Waals surface area contributed by atoms with Crippen molar-refractivity contribution in [3.05, 3.63) is 65.2 Å². The molecule has 0 saturated heterocycles. The summed E-state index contributed by atoms with van der Waals surface area (Å²) in [6, 6.07) is 8.02. The molecule has 4 aromatic rings. The number of rotatable bonds is 4. The van der Waals surface area contributed by atoms with Gasteiger partial charge in [0.25, 0.3) is 11.8 Å². The van der Waals surface area contributed by atoms with Crippen molar-refractivity contribution in [2.45, 2.75) is 26.3 Å². The number of hydrogen-bond acceptors (Lipinski definition) is 5. The average molecular weight is 435 g/mol. The fourth-order valence-electron chi connectivity index (χ4n) is 4.07. The SMILES string of the molecule is Cc1cc(-c2[nH]ncc2-c2nncn2C)cc(N2Cc3c(cccc3C(C)(F)F)C2=O)n1. The molecule has 0 bridgehead atoms. The van der Waals surface area contributed by atoms with E-state index in [0.717, 1.165) is 18.1 Å². The van der Waals surface area contributed by atoms with E-state index in [1.54, 1.807) is 29.2 Å². The Morgan fingerprint density at radius 1 is 1.19 bits per heavy atom. The van der Waals surface area contributed by atoms with Crippen LogP contribution < -0.4 is 4.90 Å². The number of benzene rings is 1. The minimum atomic E-state index is -3.05. The van der Waals surface area contributed by atoms with Crippen LogP contribution in [0.1, 0.15) is 34.1 Å². The molecule has 1 amide bonds. The lowest BCUT2D eigenvalue weighted by atomic mass is 9.99. The molecule has 5 rings (SSSR count). The van der Waals surface area contributed by atoms with Gasteiger partial charge in [-0.05, 0) is 30.7 Å². The second-order valence-electron chi connectivity index (χ2n) is 7.89. The zero-order valence-electron chi connectivity index (χ0n) is 17.6. The molecule has 1 N–H and O–H groups in total. The first-order valence-electron chi connectivity index (χ1n) is 9.93. The number of aromatic nitrogens is 6. The Balaban J connectivity index is 1.58. The molecule has 32 heavy (non-hydrogen) atoms. The van der Waals surface area contributed by atoms with Crippen molar-refractivity contribution in [3.8, 4) is 22.6 Å². The van der Waals surface area contributed by atoms with Crippen molar-refractivity contribution in [1.29, 1.82) is 0 Å². The molecular formula is C22H19F2N7O. The molecule has 1 aliphatic heterocycles. The van der Waals surface area contributed by atoms with Crippen LogP contribution in [0.3, 0.4) is 0 Å². The number of hydrogen-bond donors (Lipinski definition) is 1. The standard InChI is InChI=1S/C22H19F2N7O/c1-12-7-13(19-15(9-25-28-19)20-29-26-11-30(20)3)8-18(27-12)31-10-16-14(21(31)32)5-4-6-17(16)22(2,23)24/h4-9,11H,10H2,1-3H3,(H,25,28). The normalized spacial score (nSPS) is 13.7. The summed E-state index contributed by atoms with van der Waals surface area (Å²) in [5.41, 5.74) is 3.31. The number of nitrogens with one attached hydrogen (secondary N) is 1. The Morgan fingerprint density at radius 3 is 2.72 bits per heavy atom. The number of amides is 1. The zero-order valence-corrected chi connectivity index (χ0v) is 17.6. The number of pyridine rings is 1. The molecule has 0 atom stereocenters. The average Bonchev–Trinajstić information content (AvgIpc) is 3.45. The smallest absolute Gasteiger partial charge is 0.270 e. The van der Waals surface area contributed by atoms with E-state index in [2.05, 4.69) is 25.4 Å². The second kappa shape index (κ2) is 7.04. The number of H-pyrrole nitrogens is 1. The number of nitrogens with zero attached hydrogens (tertiary/aromatic N) is 6. The van der Waals surface area contributed by atoms with Crippen LogP contribution in [-0.2, 0) is 19.5 Å².